The number of carbonyl (C=O) groups is 1. The number of Topliss-reactive ketones (excluding diaryl/α,β-unsaturated/α-hetero) is 1. The Morgan fingerprint density at radius 3 is 2.70 bits per heavy atom. The van der Waals surface area contributed by atoms with Crippen molar-refractivity contribution < 1.29 is 9.53 Å². The number of nitrogens with one attached hydrogen (secondary N) is 1. The third-order valence-electron chi connectivity index (χ3n) is 5.07. The van der Waals surface area contributed by atoms with Gasteiger partial charge in [0.05, 0.1) is 12.0 Å². The van der Waals surface area contributed by atoms with Crippen LogP contribution < -0.4 is 10.1 Å². The van der Waals surface area contributed by atoms with Gasteiger partial charge in [-0.05, 0) is 50.2 Å². The van der Waals surface area contributed by atoms with Crippen molar-refractivity contribution in [3.63, 3.8) is 0 Å². The molecule has 0 atom stereocenters. The van der Waals surface area contributed by atoms with Gasteiger partial charge in [-0.1, -0.05) is 6.07 Å². The molecule has 1 aromatic rings. The number of rotatable bonds is 1. The van der Waals surface area contributed by atoms with Gasteiger partial charge in [0.1, 0.15) is 11.4 Å². The summed E-state index contributed by atoms with van der Waals surface area (Å²) in [5.74, 6) is 1.00. The largest absolute Gasteiger partial charge is 0.486 e. The van der Waals surface area contributed by atoms with E-state index in [4.69, 9.17) is 17.0 Å². The first-order valence-corrected chi connectivity index (χ1v) is 8.72. The van der Waals surface area contributed by atoms with E-state index in [9.17, 15) is 4.79 Å². The van der Waals surface area contributed by atoms with Crippen LogP contribution in [0.15, 0.2) is 12.1 Å². The molecule has 0 aromatic heterocycles. The van der Waals surface area contributed by atoms with E-state index in [1.54, 1.807) is 0 Å². The summed E-state index contributed by atoms with van der Waals surface area (Å²) in [6, 6.07) is 3.91. The van der Waals surface area contributed by atoms with E-state index in [2.05, 4.69) is 17.1 Å². The number of carbonyl (C=O) groups excluding carboxylic acids is 1. The number of ketones is 1. The van der Waals surface area contributed by atoms with Gasteiger partial charge in [-0.15, -0.1) is 0 Å². The molecule has 1 aromatic carbocycles. The molecule has 1 N–H and O–H groups in total. The summed E-state index contributed by atoms with van der Waals surface area (Å²) in [5.41, 5.74) is 2.63. The Morgan fingerprint density at radius 2 is 2.04 bits per heavy atom. The first kappa shape index (κ1) is 16.2. The number of likely N-dealkylation sites (tertiary alicyclic amines) is 1. The van der Waals surface area contributed by atoms with Crippen LogP contribution in [0.3, 0.4) is 0 Å². The fraction of sp³-hybridized carbons (Fsp3) is 0.556. The van der Waals surface area contributed by atoms with Crippen molar-refractivity contribution >= 4 is 23.1 Å². The maximum atomic E-state index is 12.6. The van der Waals surface area contributed by atoms with Crippen molar-refractivity contribution in [2.45, 2.75) is 45.6 Å². The number of nitrogens with zero attached hydrogens (tertiary/aromatic N) is 1. The van der Waals surface area contributed by atoms with Gasteiger partial charge in [-0.3, -0.25) is 4.79 Å². The molecule has 0 aliphatic carbocycles. The third kappa shape index (κ3) is 2.94. The van der Waals surface area contributed by atoms with Gasteiger partial charge in [-0.2, -0.15) is 0 Å². The Morgan fingerprint density at radius 1 is 1.35 bits per heavy atom. The number of hydrogen-bond donors (Lipinski definition) is 1. The molecular weight excluding hydrogens is 308 g/mol. The fourth-order valence-corrected chi connectivity index (χ4v) is 3.77. The van der Waals surface area contributed by atoms with Gasteiger partial charge in [0, 0.05) is 32.5 Å². The van der Waals surface area contributed by atoms with Crippen LogP contribution in [0.5, 0.6) is 5.75 Å². The number of fused-ring (bicyclic) bond motifs is 1. The highest BCUT2D eigenvalue weighted by Crippen LogP contribution is 2.41. The van der Waals surface area contributed by atoms with Crippen LogP contribution in [0.25, 0.3) is 0 Å². The molecule has 1 saturated heterocycles. The molecule has 2 aliphatic rings. The number of thiocarbonyl (C=S) groups is 1. The van der Waals surface area contributed by atoms with E-state index in [-0.39, 0.29) is 11.4 Å². The molecule has 124 valence electrons. The predicted molar refractivity (Wildman–Crippen MR) is 95.3 cm³/mol. The Bertz CT molecular complexity index is 649. The zero-order valence-corrected chi connectivity index (χ0v) is 14.9. The van der Waals surface area contributed by atoms with Crippen molar-refractivity contribution in [2.75, 3.05) is 19.6 Å². The maximum Gasteiger partial charge on any atom is 0.170 e. The Labute approximate surface area is 143 Å². The molecule has 2 aliphatic heterocycles. The molecule has 23 heavy (non-hydrogen) atoms. The topological polar surface area (TPSA) is 41.6 Å². The highest BCUT2D eigenvalue weighted by molar-refractivity contribution is 7.80. The van der Waals surface area contributed by atoms with Crippen LogP contribution >= 0.6 is 12.2 Å². The number of benzene rings is 1. The lowest BCUT2D eigenvalue weighted by Crippen LogP contribution is -2.54. The Hall–Kier alpha value is -1.62. The highest BCUT2D eigenvalue weighted by Gasteiger charge is 2.43. The summed E-state index contributed by atoms with van der Waals surface area (Å²) in [6.07, 6.45) is 2.14. The smallest absolute Gasteiger partial charge is 0.170 e. The first-order chi connectivity index (χ1) is 11.0. The van der Waals surface area contributed by atoms with Crippen LogP contribution in [0.4, 0.5) is 0 Å². The molecule has 0 radical (unpaired) electrons. The first-order valence-electron chi connectivity index (χ1n) is 8.31. The van der Waals surface area contributed by atoms with Crippen molar-refractivity contribution in [1.29, 1.82) is 0 Å². The molecule has 1 fully saturated rings. The second-order valence-electron chi connectivity index (χ2n) is 6.59. The van der Waals surface area contributed by atoms with Crippen LogP contribution in [0.1, 0.15) is 47.7 Å². The van der Waals surface area contributed by atoms with E-state index in [0.717, 1.165) is 54.5 Å². The van der Waals surface area contributed by atoms with Crippen molar-refractivity contribution in [3.05, 3.63) is 28.8 Å². The molecule has 3 rings (SSSR count). The van der Waals surface area contributed by atoms with Crippen molar-refractivity contribution in [3.8, 4) is 5.75 Å². The highest BCUT2D eigenvalue weighted by atomic mass is 32.1. The van der Waals surface area contributed by atoms with Crippen LogP contribution in [-0.4, -0.2) is 41.0 Å². The van der Waals surface area contributed by atoms with Gasteiger partial charge in [0.2, 0.25) is 0 Å². The number of piperidine rings is 1. The minimum Gasteiger partial charge on any atom is -0.486 e. The number of aryl methyl sites for hydroxylation is 1. The third-order valence-corrected chi connectivity index (χ3v) is 5.47. The number of hydrogen-bond acceptors (Lipinski definition) is 3. The van der Waals surface area contributed by atoms with Crippen LogP contribution in [-0.2, 0) is 0 Å². The lowest BCUT2D eigenvalue weighted by molar-refractivity contribution is 0.00304. The molecule has 0 amide bonds. The quantitative estimate of drug-likeness (QED) is 0.801. The van der Waals surface area contributed by atoms with Gasteiger partial charge in [-0.25, -0.2) is 0 Å². The standard InChI is InChI=1S/C18H24N2O2S/c1-4-19-17(23)20-9-7-18(8-10-20)11-15(21)14-6-5-12(2)13(3)16(14)22-18/h5-6H,4,7-11H2,1-3H3,(H,19,23). The summed E-state index contributed by atoms with van der Waals surface area (Å²) < 4.78 is 6.42. The average molecular weight is 332 g/mol. The van der Waals surface area contributed by atoms with Crippen LogP contribution in [0.2, 0.25) is 0 Å². The van der Waals surface area contributed by atoms with Gasteiger partial charge < -0.3 is 15.0 Å². The normalized spacial score (nSPS) is 19.3. The maximum absolute atomic E-state index is 12.6. The molecule has 2 heterocycles. The van der Waals surface area contributed by atoms with Crippen molar-refractivity contribution in [1.82, 2.24) is 10.2 Å². The Balaban J connectivity index is 1.80. The van der Waals surface area contributed by atoms with E-state index < -0.39 is 0 Å². The molecule has 0 unspecified atom stereocenters. The summed E-state index contributed by atoms with van der Waals surface area (Å²) in [7, 11) is 0. The Kier molecular flexibility index (Phi) is 4.32. The molecule has 4 nitrogen and oxygen atoms in total. The lowest BCUT2D eigenvalue weighted by Gasteiger charge is -2.45. The zero-order valence-electron chi connectivity index (χ0n) is 14.1. The molecular formula is C18H24N2O2S. The molecule has 5 heteroatoms. The predicted octanol–water partition coefficient (Wildman–Crippen LogP) is 3.00. The lowest BCUT2D eigenvalue weighted by atomic mass is 9.81. The second kappa shape index (κ2) is 6.11. The second-order valence-corrected chi connectivity index (χ2v) is 6.98. The summed E-state index contributed by atoms with van der Waals surface area (Å²) >= 11 is 5.39. The molecule has 1 spiro atoms. The van der Waals surface area contributed by atoms with E-state index >= 15 is 0 Å². The van der Waals surface area contributed by atoms with Gasteiger partial charge in [0.15, 0.2) is 10.9 Å². The van der Waals surface area contributed by atoms with E-state index in [1.165, 1.54) is 5.56 Å². The summed E-state index contributed by atoms with van der Waals surface area (Å²) in [5, 5.41) is 4.00. The van der Waals surface area contributed by atoms with Gasteiger partial charge in [0.25, 0.3) is 0 Å². The zero-order chi connectivity index (χ0) is 16.6. The number of ether oxygens (including phenoxy) is 1. The van der Waals surface area contributed by atoms with Crippen molar-refractivity contribution in [2.24, 2.45) is 0 Å². The average Bonchev–Trinajstić information content (AvgIpc) is 2.52. The monoisotopic (exact) mass is 332 g/mol. The van der Waals surface area contributed by atoms with Crippen LogP contribution in [0, 0.1) is 13.8 Å². The van der Waals surface area contributed by atoms with E-state index in [1.807, 2.05) is 26.0 Å². The summed E-state index contributed by atoms with van der Waals surface area (Å²) in [4.78, 5) is 14.8. The minimum atomic E-state index is -0.360. The van der Waals surface area contributed by atoms with E-state index in [0.29, 0.717) is 6.42 Å². The summed E-state index contributed by atoms with van der Waals surface area (Å²) in [6.45, 7) is 8.64. The SMILES string of the molecule is CCNC(=S)N1CCC2(CC1)CC(=O)c1ccc(C)c(C)c1O2. The molecule has 0 saturated carbocycles. The fourth-order valence-electron chi connectivity index (χ4n) is 3.44. The molecule has 0 bridgehead atoms. The van der Waals surface area contributed by atoms with Gasteiger partial charge >= 0.3 is 0 Å². The minimum absolute atomic E-state index is 0.206.